The highest BCUT2D eigenvalue weighted by atomic mass is 16.5. The summed E-state index contributed by atoms with van der Waals surface area (Å²) in [5.41, 5.74) is 3.12. The van der Waals surface area contributed by atoms with Crippen LogP contribution in [0, 0.1) is 12.8 Å². The van der Waals surface area contributed by atoms with Gasteiger partial charge in [-0.1, -0.05) is 53.7 Å². The monoisotopic (exact) mass is 348 g/mol. The van der Waals surface area contributed by atoms with Crippen LogP contribution in [0.3, 0.4) is 0 Å². The van der Waals surface area contributed by atoms with Crippen LogP contribution < -0.4 is 10.1 Å². The molecule has 0 radical (unpaired) electrons. The number of aromatic nitrogens is 1. The summed E-state index contributed by atoms with van der Waals surface area (Å²) in [7, 11) is 0. The summed E-state index contributed by atoms with van der Waals surface area (Å²) in [4.78, 5) is 12.8. The predicted octanol–water partition coefficient (Wildman–Crippen LogP) is 3.63. The van der Waals surface area contributed by atoms with Gasteiger partial charge in [-0.25, -0.2) is 0 Å². The van der Waals surface area contributed by atoms with Crippen LogP contribution in [0.5, 0.6) is 5.75 Å². The van der Waals surface area contributed by atoms with E-state index in [4.69, 9.17) is 9.26 Å². The van der Waals surface area contributed by atoms with E-state index in [1.54, 1.807) is 6.92 Å². The highest BCUT2D eigenvalue weighted by molar-refractivity contribution is 6.00. The number of fused-ring (bicyclic) bond motifs is 1. The van der Waals surface area contributed by atoms with Crippen molar-refractivity contribution in [1.29, 1.82) is 0 Å². The van der Waals surface area contributed by atoms with E-state index in [2.05, 4.69) is 16.5 Å². The van der Waals surface area contributed by atoms with Crippen molar-refractivity contribution in [2.75, 3.05) is 13.2 Å². The minimum Gasteiger partial charge on any atom is -0.493 e. The Morgan fingerprint density at radius 2 is 1.92 bits per heavy atom. The molecule has 3 aromatic rings. The summed E-state index contributed by atoms with van der Waals surface area (Å²) in [6.07, 6.45) is 0.893. The second-order valence-electron chi connectivity index (χ2n) is 6.53. The molecule has 5 heteroatoms. The van der Waals surface area contributed by atoms with Crippen molar-refractivity contribution in [1.82, 2.24) is 10.5 Å². The first-order valence-electron chi connectivity index (χ1n) is 8.73. The Morgan fingerprint density at radius 1 is 1.15 bits per heavy atom. The lowest BCUT2D eigenvalue weighted by Crippen LogP contribution is -2.35. The number of ether oxygens (including phenoxy) is 1. The first-order chi connectivity index (χ1) is 12.7. The Kier molecular flexibility index (Phi) is 4.44. The van der Waals surface area contributed by atoms with E-state index in [1.165, 1.54) is 5.56 Å². The van der Waals surface area contributed by atoms with Gasteiger partial charge in [0.05, 0.1) is 6.61 Å². The molecule has 0 saturated carbocycles. The molecule has 2 aromatic carbocycles. The summed E-state index contributed by atoms with van der Waals surface area (Å²) in [5.74, 6) is 1.54. The first-order valence-corrected chi connectivity index (χ1v) is 8.73. The van der Waals surface area contributed by atoms with E-state index in [-0.39, 0.29) is 11.8 Å². The molecule has 0 aliphatic carbocycles. The van der Waals surface area contributed by atoms with Crippen molar-refractivity contribution in [2.45, 2.75) is 13.3 Å². The van der Waals surface area contributed by atoms with Crippen LogP contribution in [-0.4, -0.2) is 24.2 Å². The van der Waals surface area contributed by atoms with Crippen molar-refractivity contribution < 1.29 is 14.1 Å². The van der Waals surface area contributed by atoms with E-state index in [9.17, 15) is 4.79 Å². The summed E-state index contributed by atoms with van der Waals surface area (Å²) < 4.78 is 11.1. The summed E-state index contributed by atoms with van der Waals surface area (Å²) in [6, 6.07) is 17.6. The highest BCUT2D eigenvalue weighted by Gasteiger charge is 2.24. The Balaban J connectivity index is 1.46. The lowest BCUT2D eigenvalue weighted by molar-refractivity contribution is 0.0938. The van der Waals surface area contributed by atoms with Gasteiger partial charge in [0.25, 0.3) is 5.91 Å². The van der Waals surface area contributed by atoms with Crippen LogP contribution in [0.25, 0.3) is 11.3 Å². The molecule has 1 aromatic heterocycles. The van der Waals surface area contributed by atoms with Crippen LogP contribution in [0.1, 0.15) is 21.7 Å². The number of para-hydroxylation sites is 1. The van der Waals surface area contributed by atoms with Crippen molar-refractivity contribution in [3.63, 3.8) is 0 Å². The van der Waals surface area contributed by atoms with Crippen molar-refractivity contribution in [2.24, 2.45) is 5.92 Å². The normalized spacial score (nSPS) is 15.8. The van der Waals surface area contributed by atoms with Crippen LogP contribution in [0.2, 0.25) is 0 Å². The fourth-order valence-corrected chi connectivity index (χ4v) is 3.28. The predicted molar refractivity (Wildman–Crippen MR) is 98.1 cm³/mol. The number of hydrogen-bond donors (Lipinski definition) is 1. The average Bonchev–Trinajstić information content (AvgIpc) is 3.08. The van der Waals surface area contributed by atoms with E-state index in [0.29, 0.717) is 30.2 Å². The molecule has 132 valence electrons. The highest BCUT2D eigenvalue weighted by Crippen LogP contribution is 2.27. The minimum atomic E-state index is -0.165. The molecule has 26 heavy (non-hydrogen) atoms. The molecule has 1 aliphatic rings. The van der Waals surface area contributed by atoms with Gasteiger partial charge < -0.3 is 14.6 Å². The van der Waals surface area contributed by atoms with Crippen molar-refractivity contribution in [3.8, 4) is 17.0 Å². The maximum atomic E-state index is 12.8. The molecular weight excluding hydrogens is 328 g/mol. The maximum Gasteiger partial charge on any atom is 0.257 e. The molecule has 0 spiro atoms. The maximum absolute atomic E-state index is 12.8. The third kappa shape index (κ3) is 3.20. The zero-order chi connectivity index (χ0) is 17.9. The Hall–Kier alpha value is -3.08. The van der Waals surface area contributed by atoms with Crippen molar-refractivity contribution >= 4 is 5.91 Å². The average molecular weight is 348 g/mol. The van der Waals surface area contributed by atoms with E-state index < -0.39 is 0 Å². The third-order valence-electron chi connectivity index (χ3n) is 4.64. The molecule has 0 fully saturated rings. The Bertz CT molecular complexity index is 918. The summed E-state index contributed by atoms with van der Waals surface area (Å²) in [6.45, 7) is 2.91. The molecule has 4 rings (SSSR count). The standard InChI is InChI=1S/C21H20N2O3/c1-14-19(20(23-26-14)16-7-3-2-4-8-16)21(24)22-12-15-11-17-9-5-6-10-18(17)25-13-15/h2-10,15H,11-13H2,1H3,(H,22,24)/t15-/m1/s1. The minimum absolute atomic E-state index is 0.165. The quantitative estimate of drug-likeness (QED) is 0.782. The molecular formula is C21H20N2O3. The number of nitrogens with one attached hydrogen (secondary N) is 1. The van der Waals surface area contributed by atoms with E-state index >= 15 is 0 Å². The van der Waals surface area contributed by atoms with E-state index in [0.717, 1.165) is 17.7 Å². The number of amides is 1. The number of hydrogen-bond acceptors (Lipinski definition) is 4. The fraction of sp³-hybridized carbons (Fsp3) is 0.238. The van der Waals surface area contributed by atoms with Crippen LogP contribution in [0.15, 0.2) is 59.1 Å². The van der Waals surface area contributed by atoms with Gasteiger partial charge in [-0.05, 0) is 25.0 Å². The Labute approximate surface area is 152 Å². The molecule has 1 atom stereocenters. The molecule has 0 bridgehead atoms. The lowest BCUT2D eigenvalue weighted by atomic mass is 9.96. The van der Waals surface area contributed by atoms with Gasteiger partial charge in [-0.2, -0.15) is 0 Å². The summed E-state index contributed by atoms with van der Waals surface area (Å²) in [5, 5.41) is 7.09. The largest absolute Gasteiger partial charge is 0.493 e. The van der Waals surface area contributed by atoms with Crippen molar-refractivity contribution in [3.05, 3.63) is 71.5 Å². The molecule has 1 aliphatic heterocycles. The molecule has 1 amide bonds. The number of nitrogens with zero attached hydrogens (tertiary/aromatic N) is 1. The molecule has 0 saturated heterocycles. The van der Waals surface area contributed by atoms with E-state index in [1.807, 2.05) is 48.5 Å². The van der Waals surface area contributed by atoms with Crippen LogP contribution in [-0.2, 0) is 6.42 Å². The topological polar surface area (TPSA) is 64.4 Å². The first kappa shape index (κ1) is 16.4. The van der Waals surface area contributed by atoms with Crippen LogP contribution in [0.4, 0.5) is 0 Å². The second-order valence-corrected chi connectivity index (χ2v) is 6.53. The summed E-state index contributed by atoms with van der Waals surface area (Å²) >= 11 is 0. The van der Waals surface area contributed by atoms with Gasteiger partial charge >= 0.3 is 0 Å². The van der Waals surface area contributed by atoms with Crippen LogP contribution >= 0.6 is 0 Å². The van der Waals surface area contributed by atoms with Gasteiger partial charge in [-0.3, -0.25) is 4.79 Å². The number of rotatable bonds is 4. The lowest BCUT2D eigenvalue weighted by Gasteiger charge is -2.25. The molecule has 2 heterocycles. The molecule has 1 N–H and O–H groups in total. The second kappa shape index (κ2) is 7.04. The number of benzene rings is 2. The number of aryl methyl sites for hydroxylation is 1. The fourth-order valence-electron chi connectivity index (χ4n) is 3.28. The zero-order valence-corrected chi connectivity index (χ0v) is 14.6. The van der Waals surface area contributed by atoms with Gasteiger partial charge in [-0.15, -0.1) is 0 Å². The SMILES string of the molecule is Cc1onc(-c2ccccc2)c1C(=O)NC[C@@H]1COc2ccccc2C1. The number of carbonyl (C=O) groups is 1. The number of carbonyl (C=O) groups excluding carboxylic acids is 1. The Morgan fingerprint density at radius 3 is 2.77 bits per heavy atom. The van der Waals surface area contributed by atoms with Gasteiger partial charge in [0, 0.05) is 18.0 Å². The molecule has 5 nitrogen and oxygen atoms in total. The zero-order valence-electron chi connectivity index (χ0n) is 14.6. The van der Waals surface area contributed by atoms with Gasteiger partial charge in [0.15, 0.2) is 0 Å². The third-order valence-corrected chi connectivity index (χ3v) is 4.64. The molecule has 0 unspecified atom stereocenters. The smallest absolute Gasteiger partial charge is 0.257 e. The van der Waals surface area contributed by atoms with Gasteiger partial charge in [0.1, 0.15) is 22.8 Å². The van der Waals surface area contributed by atoms with Gasteiger partial charge in [0.2, 0.25) is 0 Å².